The van der Waals surface area contributed by atoms with Gasteiger partial charge in [-0.1, -0.05) is 36.4 Å². The first-order chi connectivity index (χ1) is 11.6. The summed E-state index contributed by atoms with van der Waals surface area (Å²) in [6.45, 7) is 2.89. The van der Waals surface area contributed by atoms with E-state index in [1.165, 1.54) is 0 Å². The molecule has 0 radical (unpaired) electrons. The minimum absolute atomic E-state index is 0.184. The molecule has 1 atom stereocenters. The molecule has 1 heterocycles. The third-order valence-electron chi connectivity index (χ3n) is 4.56. The van der Waals surface area contributed by atoms with E-state index in [0.29, 0.717) is 5.56 Å². The number of nitrogens with zero attached hydrogens (tertiary/aromatic N) is 1. The van der Waals surface area contributed by atoms with E-state index in [-0.39, 0.29) is 11.8 Å². The van der Waals surface area contributed by atoms with Crippen molar-refractivity contribution in [3.8, 4) is 5.75 Å². The Bertz CT molecular complexity index is 783. The summed E-state index contributed by atoms with van der Waals surface area (Å²) in [7, 11) is 0. The number of carbonyl (C=O) groups is 1. The maximum Gasteiger partial charge on any atom is 0.249 e. The zero-order chi connectivity index (χ0) is 17.1. The Morgan fingerprint density at radius 1 is 1.21 bits per heavy atom. The Balaban J connectivity index is 2.01. The molecule has 0 aliphatic carbocycles. The van der Waals surface area contributed by atoms with Crippen LogP contribution in [0.15, 0.2) is 54.6 Å². The second kappa shape index (κ2) is 6.79. The van der Waals surface area contributed by atoms with Crippen LogP contribution in [0.1, 0.15) is 47.3 Å². The first kappa shape index (κ1) is 16.1. The maximum atomic E-state index is 11.8. The van der Waals surface area contributed by atoms with Crippen LogP contribution in [-0.4, -0.2) is 22.5 Å². The number of primary amides is 1. The van der Waals surface area contributed by atoms with Crippen molar-refractivity contribution < 1.29 is 9.90 Å². The van der Waals surface area contributed by atoms with Gasteiger partial charge in [0.15, 0.2) is 0 Å². The fourth-order valence-corrected chi connectivity index (χ4v) is 3.53. The van der Waals surface area contributed by atoms with Gasteiger partial charge in [0.05, 0.1) is 6.04 Å². The van der Waals surface area contributed by atoms with Gasteiger partial charge in [0.25, 0.3) is 0 Å². The highest BCUT2D eigenvalue weighted by Gasteiger charge is 2.29. The van der Waals surface area contributed by atoms with Crippen molar-refractivity contribution in [2.75, 3.05) is 6.54 Å². The molecule has 1 fully saturated rings. The van der Waals surface area contributed by atoms with Gasteiger partial charge in [-0.3, -0.25) is 4.79 Å². The first-order valence-corrected chi connectivity index (χ1v) is 8.23. The lowest BCUT2D eigenvalue weighted by molar-refractivity contribution is 0.1000. The van der Waals surface area contributed by atoms with Crippen LogP contribution in [0.2, 0.25) is 0 Å². The SMILES string of the molecule is C/C=C(\c1ccccc1C(N)=O)N1CCCC1c1cccc(O)c1. The molecule has 0 bridgehead atoms. The Kier molecular flexibility index (Phi) is 4.56. The quantitative estimate of drug-likeness (QED) is 0.902. The summed E-state index contributed by atoms with van der Waals surface area (Å²) in [6, 6.07) is 15.0. The molecular formula is C20H22N2O2. The second-order valence-electron chi connectivity index (χ2n) is 6.03. The summed E-state index contributed by atoms with van der Waals surface area (Å²) in [4.78, 5) is 14.1. The summed E-state index contributed by atoms with van der Waals surface area (Å²) in [5.74, 6) is -0.142. The van der Waals surface area contributed by atoms with Gasteiger partial charge in [-0.05, 0) is 43.5 Å². The highest BCUT2D eigenvalue weighted by Crippen LogP contribution is 2.39. The van der Waals surface area contributed by atoms with Crippen molar-refractivity contribution in [2.45, 2.75) is 25.8 Å². The number of carbonyl (C=O) groups excluding carboxylic acids is 1. The van der Waals surface area contributed by atoms with Gasteiger partial charge in [-0.25, -0.2) is 0 Å². The molecule has 1 aliphatic rings. The van der Waals surface area contributed by atoms with Gasteiger partial charge >= 0.3 is 0 Å². The molecule has 3 N–H and O–H groups in total. The molecule has 1 unspecified atom stereocenters. The third kappa shape index (κ3) is 3.00. The standard InChI is InChI=1S/C20H22N2O2/c1-2-18(16-9-3-4-10-17(16)20(21)24)22-12-6-11-19(22)14-7-5-8-15(23)13-14/h2-5,7-10,13,19,23H,6,11-12H2,1H3,(H2,21,24)/b18-2+. The van der Waals surface area contributed by atoms with Crippen molar-refractivity contribution in [1.82, 2.24) is 4.90 Å². The van der Waals surface area contributed by atoms with Gasteiger partial charge in [-0.15, -0.1) is 0 Å². The average Bonchev–Trinajstić information content (AvgIpc) is 3.05. The molecule has 1 aliphatic heterocycles. The maximum absolute atomic E-state index is 11.8. The van der Waals surface area contributed by atoms with Crippen LogP contribution < -0.4 is 5.73 Å². The summed E-state index contributed by atoms with van der Waals surface area (Å²) >= 11 is 0. The van der Waals surface area contributed by atoms with Crippen molar-refractivity contribution in [2.24, 2.45) is 5.73 Å². The number of nitrogens with two attached hydrogens (primary N) is 1. The summed E-state index contributed by atoms with van der Waals surface area (Å²) in [6.07, 6.45) is 4.11. The number of rotatable bonds is 4. The molecule has 0 spiro atoms. The topological polar surface area (TPSA) is 66.6 Å². The van der Waals surface area contributed by atoms with Gasteiger partial charge in [-0.2, -0.15) is 0 Å². The van der Waals surface area contributed by atoms with Crippen molar-refractivity contribution in [1.29, 1.82) is 0 Å². The summed E-state index contributed by atoms with van der Waals surface area (Å²) in [5.41, 5.74) is 9.04. The Morgan fingerprint density at radius 2 is 1.96 bits per heavy atom. The molecule has 2 aromatic rings. The second-order valence-corrected chi connectivity index (χ2v) is 6.03. The van der Waals surface area contributed by atoms with Crippen LogP contribution >= 0.6 is 0 Å². The van der Waals surface area contributed by atoms with E-state index < -0.39 is 5.91 Å². The highest BCUT2D eigenvalue weighted by atomic mass is 16.3. The molecule has 24 heavy (non-hydrogen) atoms. The molecule has 4 heteroatoms. The number of hydrogen-bond acceptors (Lipinski definition) is 3. The molecule has 3 rings (SSSR count). The lowest BCUT2D eigenvalue weighted by Crippen LogP contribution is -2.24. The van der Waals surface area contributed by atoms with Crippen LogP contribution in [0, 0.1) is 0 Å². The number of hydrogen-bond donors (Lipinski definition) is 2. The fraction of sp³-hybridized carbons (Fsp3) is 0.250. The van der Waals surface area contributed by atoms with Crippen LogP contribution in [-0.2, 0) is 0 Å². The summed E-state index contributed by atoms with van der Waals surface area (Å²) in [5, 5.41) is 9.80. The molecular weight excluding hydrogens is 300 g/mol. The predicted molar refractivity (Wildman–Crippen MR) is 95.4 cm³/mol. The van der Waals surface area contributed by atoms with Gasteiger partial charge in [0.1, 0.15) is 5.75 Å². The minimum atomic E-state index is -0.418. The molecule has 1 saturated heterocycles. The smallest absolute Gasteiger partial charge is 0.249 e. The lowest BCUT2D eigenvalue weighted by Gasteiger charge is -2.30. The number of aromatic hydroxyl groups is 1. The van der Waals surface area contributed by atoms with Crippen LogP contribution in [0.25, 0.3) is 5.70 Å². The van der Waals surface area contributed by atoms with Crippen molar-refractivity contribution >= 4 is 11.6 Å². The minimum Gasteiger partial charge on any atom is -0.508 e. The van der Waals surface area contributed by atoms with E-state index in [1.807, 2.05) is 49.4 Å². The van der Waals surface area contributed by atoms with E-state index in [9.17, 15) is 9.90 Å². The van der Waals surface area contributed by atoms with Gasteiger partial charge < -0.3 is 15.7 Å². The zero-order valence-corrected chi connectivity index (χ0v) is 13.8. The Hall–Kier alpha value is -2.75. The van der Waals surface area contributed by atoms with Gasteiger partial charge in [0.2, 0.25) is 5.91 Å². The third-order valence-corrected chi connectivity index (χ3v) is 4.56. The summed E-state index contributed by atoms with van der Waals surface area (Å²) < 4.78 is 0. The number of benzene rings is 2. The average molecular weight is 322 g/mol. The largest absolute Gasteiger partial charge is 0.508 e. The fourth-order valence-electron chi connectivity index (χ4n) is 3.53. The molecule has 0 aromatic heterocycles. The molecule has 0 saturated carbocycles. The van der Waals surface area contributed by atoms with E-state index in [2.05, 4.69) is 4.90 Å². The van der Waals surface area contributed by atoms with E-state index in [1.54, 1.807) is 12.1 Å². The molecule has 124 valence electrons. The van der Waals surface area contributed by atoms with Crippen LogP contribution in [0.4, 0.5) is 0 Å². The Labute approximate surface area is 142 Å². The van der Waals surface area contributed by atoms with E-state index in [4.69, 9.17) is 5.73 Å². The number of phenolic OH excluding ortho intramolecular Hbond substituents is 1. The zero-order valence-electron chi connectivity index (χ0n) is 13.8. The normalized spacial score (nSPS) is 18.0. The molecule has 1 amide bonds. The van der Waals surface area contributed by atoms with Gasteiger partial charge in [0, 0.05) is 23.4 Å². The monoisotopic (exact) mass is 322 g/mol. The van der Waals surface area contributed by atoms with Crippen LogP contribution in [0.3, 0.4) is 0 Å². The van der Waals surface area contributed by atoms with Crippen LogP contribution in [0.5, 0.6) is 5.75 Å². The molecule has 2 aromatic carbocycles. The Morgan fingerprint density at radius 3 is 2.62 bits per heavy atom. The lowest BCUT2D eigenvalue weighted by atomic mass is 9.99. The van der Waals surface area contributed by atoms with Crippen molar-refractivity contribution in [3.63, 3.8) is 0 Å². The number of allylic oxidation sites excluding steroid dienone is 1. The van der Waals surface area contributed by atoms with E-state index in [0.717, 1.165) is 36.2 Å². The van der Waals surface area contributed by atoms with E-state index >= 15 is 0 Å². The number of amides is 1. The highest BCUT2D eigenvalue weighted by molar-refractivity contribution is 5.97. The number of phenols is 1. The predicted octanol–water partition coefficient (Wildman–Crippen LogP) is 3.69. The molecule has 4 nitrogen and oxygen atoms in total. The first-order valence-electron chi connectivity index (χ1n) is 8.23. The number of likely N-dealkylation sites (tertiary alicyclic amines) is 1. The van der Waals surface area contributed by atoms with Crippen molar-refractivity contribution in [3.05, 3.63) is 71.3 Å².